The predicted molar refractivity (Wildman–Crippen MR) is 54.7 cm³/mol. The van der Waals surface area contributed by atoms with Gasteiger partial charge in [-0.25, -0.2) is 4.79 Å². The molecule has 0 saturated heterocycles. The fraction of sp³-hybridized carbons (Fsp3) is 0.300. The van der Waals surface area contributed by atoms with Gasteiger partial charge in [-0.15, -0.1) is 0 Å². The standard InChI is InChI=1S/C10H9BrO3/c1-13-8-3-2-7(11)9-6(8)4-5-14-10(9)12/h2-3H,4-5H2,1H3. The van der Waals surface area contributed by atoms with Gasteiger partial charge in [-0.2, -0.15) is 0 Å². The molecule has 0 unspecified atom stereocenters. The van der Waals surface area contributed by atoms with Crippen molar-refractivity contribution in [1.29, 1.82) is 0 Å². The third-order valence-corrected chi connectivity index (χ3v) is 2.89. The lowest BCUT2D eigenvalue weighted by Gasteiger charge is -2.19. The van der Waals surface area contributed by atoms with Crippen molar-refractivity contribution in [2.75, 3.05) is 13.7 Å². The number of halogens is 1. The lowest BCUT2D eigenvalue weighted by molar-refractivity contribution is 0.0477. The van der Waals surface area contributed by atoms with Gasteiger partial charge < -0.3 is 9.47 Å². The van der Waals surface area contributed by atoms with E-state index in [1.54, 1.807) is 13.2 Å². The maximum absolute atomic E-state index is 11.5. The normalized spacial score (nSPS) is 14.6. The fourth-order valence-electron chi connectivity index (χ4n) is 1.58. The van der Waals surface area contributed by atoms with Gasteiger partial charge in [0, 0.05) is 16.5 Å². The van der Waals surface area contributed by atoms with E-state index in [2.05, 4.69) is 15.9 Å². The minimum Gasteiger partial charge on any atom is -0.496 e. The molecule has 1 aliphatic rings. The molecule has 0 amide bonds. The van der Waals surface area contributed by atoms with Crippen molar-refractivity contribution in [1.82, 2.24) is 0 Å². The van der Waals surface area contributed by atoms with Crippen molar-refractivity contribution in [3.63, 3.8) is 0 Å². The zero-order valence-corrected chi connectivity index (χ0v) is 9.26. The highest BCUT2D eigenvalue weighted by molar-refractivity contribution is 9.10. The average molecular weight is 257 g/mol. The Morgan fingerprint density at radius 2 is 2.29 bits per heavy atom. The molecule has 1 aliphatic heterocycles. The van der Waals surface area contributed by atoms with Crippen LogP contribution in [0.2, 0.25) is 0 Å². The summed E-state index contributed by atoms with van der Waals surface area (Å²) in [5.41, 5.74) is 1.52. The van der Waals surface area contributed by atoms with Crippen LogP contribution in [0.1, 0.15) is 15.9 Å². The molecule has 0 aromatic heterocycles. The molecule has 0 fully saturated rings. The molecule has 0 N–H and O–H groups in total. The Hall–Kier alpha value is -1.03. The van der Waals surface area contributed by atoms with Crippen LogP contribution in [-0.2, 0) is 11.2 Å². The van der Waals surface area contributed by atoms with Crippen LogP contribution in [0.15, 0.2) is 16.6 Å². The van der Waals surface area contributed by atoms with Crippen molar-refractivity contribution in [3.05, 3.63) is 27.7 Å². The second-order valence-corrected chi connectivity index (χ2v) is 3.84. The van der Waals surface area contributed by atoms with E-state index in [0.717, 1.165) is 15.8 Å². The molecule has 3 nitrogen and oxygen atoms in total. The average Bonchev–Trinajstić information content (AvgIpc) is 2.18. The van der Waals surface area contributed by atoms with E-state index in [-0.39, 0.29) is 5.97 Å². The van der Waals surface area contributed by atoms with Gasteiger partial charge in [-0.1, -0.05) is 0 Å². The number of fused-ring (bicyclic) bond motifs is 1. The van der Waals surface area contributed by atoms with Gasteiger partial charge in [0.15, 0.2) is 0 Å². The summed E-state index contributed by atoms with van der Waals surface area (Å²) in [6, 6.07) is 3.64. The lowest BCUT2D eigenvalue weighted by Crippen LogP contribution is -2.19. The van der Waals surface area contributed by atoms with E-state index in [1.807, 2.05) is 6.07 Å². The SMILES string of the molecule is COc1ccc(Br)c2c1CCOC2=O. The second kappa shape index (κ2) is 3.61. The number of ether oxygens (including phenoxy) is 2. The first-order chi connectivity index (χ1) is 6.74. The number of hydrogen-bond donors (Lipinski definition) is 0. The van der Waals surface area contributed by atoms with Crippen molar-refractivity contribution < 1.29 is 14.3 Å². The molecular formula is C10H9BrO3. The molecule has 14 heavy (non-hydrogen) atoms. The summed E-state index contributed by atoms with van der Waals surface area (Å²) in [7, 11) is 1.60. The molecule has 1 heterocycles. The van der Waals surface area contributed by atoms with Crippen LogP contribution in [0.4, 0.5) is 0 Å². The van der Waals surface area contributed by atoms with E-state index < -0.39 is 0 Å². The number of carbonyl (C=O) groups is 1. The van der Waals surface area contributed by atoms with Crippen LogP contribution < -0.4 is 4.74 Å². The van der Waals surface area contributed by atoms with Gasteiger partial charge in [-0.3, -0.25) is 0 Å². The number of esters is 1. The maximum Gasteiger partial charge on any atom is 0.339 e. The molecular weight excluding hydrogens is 248 g/mol. The number of cyclic esters (lactones) is 1. The number of rotatable bonds is 1. The molecule has 0 atom stereocenters. The lowest BCUT2D eigenvalue weighted by atomic mass is 10.0. The molecule has 0 aliphatic carbocycles. The Morgan fingerprint density at radius 1 is 1.50 bits per heavy atom. The summed E-state index contributed by atoms with van der Waals surface area (Å²) >= 11 is 3.33. The molecule has 0 spiro atoms. The summed E-state index contributed by atoms with van der Waals surface area (Å²) < 4.78 is 10.9. The van der Waals surface area contributed by atoms with Gasteiger partial charge in [-0.05, 0) is 28.1 Å². The topological polar surface area (TPSA) is 35.5 Å². The molecule has 4 heteroatoms. The van der Waals surface area contributed by atoms with E-state index in [9.17, 15) is 4.79 Å². The van der Waals surface area contributed by atoms with Crippen LogP contribution in [0, 0.1) is 0 Å². The first-order valence-electron chi connectivity index (χ1n) is 4.26. The number of hydrogen-bond acceptors (Lipinski definition) is 3. The summed E-state index contributed by atoms with van der Waals surface area (Å²) in [6.07, 6.45) is 0.712. The highest BCUT2D eigenvalue weighted by Gasteiger charge is 2.24. The Kier molecular flexibility index (Phi) is 2.46. The van der Waals surface area contributed by atoms with E-state index in [0.29, 0.717) is 18.6 Å². The number of methoxy groups -OCH3 is 1. The van der Waals surface area contributed by atoms with E-state index in [1.165, 1.54) is 0 Å². The molecule has 74 valence electrons. The van der Waals surface area contributed by atoms with Crippen LogP contribution in [0.3, 0.4) is 0 Å². The highest BCUT2D eigenvalue weighted by atomic mass is 79.9. The summed E-state index contributed by atoms with van der Waals surface area (Å²) in [5, 5.41) is 0. The first kappa shape index (κ1) is 9.52. The van der Waals surface area contributed by atoms with Crippen molar-refractivity contribution >= 4 is 21.9 Å². The molecule has 0 bridgehead atoms. The van der Waals surface area contributed by atoms with Crippen LogP contribution in [0.5, 0.6) is 5.75 Å². The Labute approximate surface area is 90.1 Å². The first-order valence-corrected chi connectivity index (χ1v) is 5.06. The van der Waals surface area contributed by atoms with Crippen LogP contribution in [-0.4, -0.2) is 19.7 Å². The minimum absolute atomic E-state index is 0.281. The summed E-state index contributed by atoms with van der Waals surface area (Å²) in [6.45, 7) is 0.429. The third-order valence-electron chi connectivity index (χ3n) is 2.23. The van der Waals surface area contributed by atoms with Gasteiger partial charge in [0.05, 0.1) is 19.3 Å². The number of carbonyl (C=O) groups excluding carboxylic acids is 1. The van der Waals surface area contributed by atoms with E-state index in [4.69, 9.17) is 9.47 Å². The van der Waals surface area contributed by atoms with Crippen LogP contribution >= 0.6 is 15.9 Å². The maximum atomic E-state index is 11.5. The quantitative estimate of drug-likeness (QED) is 0.723. The zero-order chi connectivity index (χ0) is 10.1. The molecule has 0 saturated carbocycles. The summed E-state index contributed by atoms with van der Waals surface area (Å²) in [4.78, 5) is 11.5. The number of benzene rings is 1. The predicted octanol–water partition coefficient (Wildman–Crippen LogP) is 2.17. The second-order valence-electron chi connectivity index (χ2n) is 2.99. The van der Waals surface area contributed by atoms with Gasteiger partial charge in [0.2, 0.25) is 0 Å². The van der Waals surface area contributed by atoms with Crippen LogP contribution in [0.25, 0.3) is 0 Å². The van der Waals surface area contributed by atoms with E-state index >= 15 is 0 Å². The van der Waals surface area contributed by atoms with Crippen molar-refractivity contribution in [2.45, 2.75) is 6.42 Å². The molecule has 2 rings (SSSR count). The minimum atomic E-state index is -0.281. The highest BCUT2D eigenvalue weighted by Crippen LogP contribution is 2.32. The molecule has 1 aromatic carbocycles. The van der Waals surface area contributed by atoms with Gasteiger partial charge >= 0.3 is 5.97 Å². The van der Waals surface area contributed by atoms with Crippen molar-refractivity contribution in [3.8, 4) is 5.75 Å². The Balaban J connectivity index is 2.63. The third kappa shape index (κ3) is 1.39. The molecule has 1 aromatic rings. The Bertz CT molecular complexity index is 387. The Morgan fingerprint density at radius 3 is 3.00 bits per heavy atom. The van der Waals surface area contributed by atoms with Crippen molar-refractivity contribution in [2.24, 2.45) is 0 Å². The van der Waals surface area contributed by atoms with Gasteiger partial charge in [0.25, 0.3) is 0 Å². The fourth-order valence-corrected chi connectivity index (χ4v) is 2.11. The monoisotopic (exact) mass is 256 g/mol. The van der Waals surface area contributed by atoms with Gasteiger partial charge in [0.1, 0.15) is 5.75 Å². The molecule has 0 radical (unpaired) electrons. The smallest absolute Gasteiger partial charge is 0.339 e. The summed E-state index contributed by atoms with van der Waals surface area (Å²) in [5.74, 6) is 0.469. The zero-order valence-electron chi connectivity index (χ0n) is 7.67. The largest absolute Gasteiger partial charge is 0.496 e.